The molecule has 0 fully saturated rings. The Morgan fingerprint density at radius 3 is 3.06 bits per heavy atom. The summed E-state index contributed by atoms with van der Waals surface area (Å²) in [5.74, 6) is 1.62. The van der Waals surface area contributed by atoms with Crippen LogP contribution >= 0.6 is 11.3 Å². The number of hydrogen-bond acceptors (Lipinski definition) is 2. The van der Waals surface area contributed by atoms with Crippen LogP contribution in [0.5, 0.6) is 0 Å². The van der Waals surface area contributed by atoms with Gasteiger partial charge in [0.05, 0.1) is 0 Å². The molecular weight excluding hydrogens is 226 g/mol. The van der Waals surface area contributed by atoms with Gasteiger partial charge in [0.15, 0.2) is 0 Å². The van der Waals surface area contributed by atoms with Crippen molar-refractivity contribution in [3.63, 3.8) is 0 Å². The van der Waals surface area contributed by atoms with E-state index in [0.717, 1.165) is 18.4 Å². The first-order chi connectivity index (χ1) is 8.24. The third-order valence-corrected chi connectivity index (χ3v) is 4.22. The van der Waals surface area contributed by atoms with Gasteiger partial charge in [-0.3, -0.25) is 0 Å². The number of nitrogens with one attached hydrogen (secondary N) is 1. The maximum Gasteiger partial charge on any atom is -0.000794 e. The molecule has 1 nitrogen and oxygen atoms in total. The van der Waals surface area contributed by atoms with E-state index in [1.165, 1.54) is 31.4 Å². The Labute approximate surface area is 109 Å². The highest BCUT2D eigenvalue weighted by Crippen LogP contribution is 2.27. The second kappa shape index (κ2) is 6.36. The molecule has 2 heteroatoms. The van der Waals surface area contributed by atoms with Gasteiger partial charge < -0.3 is 5.32 Å². The monoisotopic (exact) mass is 249 g/mol. The van der Waals surface area contributed by atoms with E-state index in [2.05, 4.69) is 42.1 Å². The number of thiophene rings is 1. The molecule has 1 aromatic rings. The SMILES string of the molecule is CC1=CC(C)CC(CNCCc2ccsc2)C1. The predicted octanol–water partition coefficient (Wildman–Crippen LogP) is 3.87. The molecule has 1 heterocycles. The van der Waals surface area contributed by atoms with Crippen molar-refractivity contribution in [2.45, 2.75) is 33.1 Å². The molecule has 0 spiro atoms. The fourth-order valence-corrected chi connectivity index (χ4v) is 3.52. The van der Waals surface area contributed by atoms with Crippen LogP contribution in [-0.4, -0.2) is 13.1 Å². The summed E-state index contributed by atoms with van der Waals surface area (Å²) in [6.45, 7) is 6.90. The Morgan fingerprint density at radius 1 is 1.47 bits per heavy atom. The fourth-order valence-electron chi connectivity index (χ4n) is 2.82. The zero-order valence-corrected chi connectivity index (χ0v) is 11.7. The number of rotatable bonds is 5. The van der Waals surface area contributed by atoms with Gasteiger partial charge in [0, 0.05) is 0 Å². The number of hydrogen-bond donors (Lipinski definition) is 1. The average Bonchev–Trinajstić information content (AvgIpc) is 2.76. The molecule has 1 aliphatic rings. The molecule has 17 heavy (non-hydrogen) atoms. The van der Waals surface area contributed by atoms with Crippen molar-refractivity contribution in [2.24, 2.45) is 11.8 Å². The molecule has 0 aliphatic heterocycles. The molecule has 2 atom stereocenters. The van der Waals surface area contributed by atoms with Crippen molar-refractivity contribution in [1.82, 2.24) is 5.32 Å². The first-order valence-electron chi connectivity index (χ1n) is 6.63. The Kier molecular flexibility index (Phi) is 4.81. The topological polar surface area (TPSA) is 12.0 Å². The second-order valence-corrected chi connectivity index (χ2v) is 6.16. The summed E-state index contributed by atoms with van der Waals surface area (Å²) in [6.07, 6.45) is 6.24. The van der Waals surface area contributed by atoms with Gasteiger partial charge in [-0.15, -0.1) is 0 Å². The maximum absolute atomic E-state index is 3.61. The lowest BCUT2D eigenvalue weighted by molar-refractivity contribution is 0.383. The van der Waals surface area contributed by atoms with Crippen LogP contribution in [0, 0.1) is 11.8 Å². The number of allylic oxidation sites excluding steroid dienone is 2. The van der Waals surface area contributed by atoms with Gasteiger partial charge in [-0.25, -0.2) is 0 Å². The van der Waals surface area contributed by atoms with Crippen LogP contribution in [0.2, 0.25) is 0 Å². The summed E-state index contributed by atoms with van der Waals surface area (Å²) in [7, 11) is 0. The van der Waals surface area contributed by atoms with Crippen molar-refractivity contribution in [3.05, 3.63) is 34.0 Å². The quantitative estimate of drug-likeness (QED) is 0.617. The minimum atomic E-state index is 0.771. The van der Waals surface area contributed by atoms with E-state index < -0.39 is 0 Å². The molecule has 0 radical (unpaired) electrons. The lowest BCUT2D eigenvalue weighted by Crippen LogP contribution is -2.27. The van der Waals surface area contributed by atoms with Gasteiger partial charge in [-0.05, 0) is 73.5 Å². The normalized spacial score (nSPS) is 24.7. The van der Waals surface area contributed by atoms with Crippen molar-refractivity contribution < 1.29 is 0 Å². The van der Waals surface area contributed by atoms with Gasteiger partial charge in [-0.1, -0.05) is 18.6 Å². The molecular formula is C15H23NS. The molecule has 0 aromatic carbocycles. The molecule has 0 bridgehead atoms. The third kappa shape index (κ3) is 4.29. The summed E-state index contributed by atoms with van der Waals surface area (Å²) in [5, 5.41) is 8.02. The standard InChI is InChI=1S/C15H23NS/c1-12-7-13(2)9-15(8-12)10-16-5-3-14-4-6-17-11-14/h4,6-7,11-12,15-16H,3,5,8-10H2,1-2H3. The zero-order valence-electron chi connectivity index (χ0n) is 10.9. The van der Waals surface area contributed by atoms with E-state index in [-0.39, 0.29) is 0 Å². The van der Waals surface area contributed by atoms with E-state index in [4.69, 9.17) is 0 Å². The van der Waals surface area contributed by atoms with E-state index in [1.807, 2.05) is 0 Å². The van der Waals surface area contributed by atoms with E-state index in [9.17, 15) is 0 Å². The summed E-state index contributed by atoms with van der Waals surface area (Å²) < 4.78 is 0. The van der Waals surface area contributed by atoms with E-state index in [0.29, 0.717) is 0 Å². The predicted molar refractivity (Wildman–Crippen MR) is 76.5 cm³/mol. The van der Waals surface area contributed by atoms with Gasteiger partial charge in [-0.2, -0.15) is 11.3 Å². The van der Waals surface area contributed by atoms with Crippen molar-refractivity contribution in [3.8, 4) is 0 Å². The average molecular weight is 249 g/mol. The largest absolute Gasteiger partial charge is 0.316 e. The van der Waals surface area contributed by atoms with E-state index in [1.54, 1.807) is 16.9 Å². The van der Waals surface area contributed by atoms with Crippen LogP contribution in [0.1, 0.15) is 32.3 Å². The summed E-state index contributed by atoms with van der Waals surface area (Å²) >= 11 is 1.79. The van der Waals surface area contributed by atoms with Crippen molar-refractivity contribution in [2.75, 3.05) is 13.1 Å². The summed E-state index contributed by atoms with van der Waals surface area (Å²) in [5.41, 5.74) is 3.05. The Bertz CT molecular complexity index is 353. The molecule has 0 amide bonds. The molecule has 1 N–H and O–H groups in total. The lowest BCUT2D eigenvalue weighted by atomic mass is 9.84. The van der Waals surface area contributed by atoms with Gasteiger partial charge in [0.25, 0.3) is 0 Å². The van der Waals surface area contributed by atoms with Gasteiger partial charge >= 0.3 is 0 Å². The summed E-state index contributed by atoms with van der Waals surface area (Å²) in [6, 6.07) is 2.22. The van der Waals surface area contributed by atoms with Crippen LogP contribution in [0.25, 0.3) is 0 Å². The fraction of sp³-hybridized carbons (Fsp3) is 0.600. The molecule has 1 aliphatic carbocycles. The highest BCUT2D eigenvalue weighted by molar-refractivity contribution is 7.07. The smallest absolute Gasteiger partial charge is 0.000794 e. The lowest BCUT2D eigenvalue weighted by Gasteiger charge is -2.25. The Balaban J connectivity index is 1.64. The van der Waals surface area contributed by atoms with Crippen molar-refractivity contribution >= 4 is 11.3 Å². The van der Waals surface area contributed by atoms with E-state index >= 15 is 0 Å². The molecule has 0 saturated carbocycles. The Hall–Kier alpha value is -0.600. The maximum atomic E-state index is 3.61. The minimum absolute atomic E-state index is 0.771. The first kappa shape index (κ1) is 12.8. The van der Waals surface area contributed by atoms with Crippen LogP contribution < -0.4 is 5.32 Å². The van der Waals surface area contributed by atoms with Crippen LogP contribution in [-0.2, 0) is 6.42 Å². The van der Waals surface area contributed by atoms with Crippen LogP contribution in [0.4, 0.5) is 0 Å². The Morgan fingerprint density at radius 2 is 2.35 bits per heavy atom. The molecule has 0 saturated heterocycles. The van der Waals surface area contributed by atoms with Gasteiger partial charge in [0.1, 0.15) is 0 Å². The molecule has 2 unspecified atom stereocenters. The van der Waals surface area contributed by atoms with Crippen LogP contribution in [0.15, 0.2) is 28.5 Å². The third-order valence-electron chi connectivity index (χ3n) is 3.49. The molecule has 1 aromatic heterocycles. The molecule has 2 rings (SSSR count). The minimum Gasteiger partial charge on any atom is -0.316 e. The highest BCUT2D eigenvalue weighted by Gasteiger charge is 2.17. The second-order valence-electron chi connectivity index (χ2n) is 5.38. The first-order valence-corrected chi connectivity index (χ1v) is 7.57. The highest BCUT2D eigenvalue weighted by atomic mass is 32.1. The molecule has 94 valence electrons. The summed E-state index contributed by atoms with van der Waals surface area (Å²) in [4.78, 5) is 0. The zero-order chi connectivity index (χ0) is 12.1. The van der Waals surface area contributed by atoms with Crippen molar-refractivity contribution in [1.29, 1.82) is 0 Å². The van der Waals surface area contributed by atoms with Crippen LogP contribution in [0.3, 0.4) is 0 Å². The van der Waals surface area contributed by atoms with Gasteiger partial charge in [0.2, 0.25) is 0 Å².